The number of nitrogens with zero attached hydrogens (tertiary/aromatic N) is 1. The first-order valence-corrected chi connectivity index (χ1v) is 13.5. The van der Waals surface area contributed by atoms with Crippen LogP contribution in [0.25, 0.3) is 0 Å². The molecule has 1 aliphatic carbocycles. The first-order chi connectivity index (χ1) is 13.7. The third kappa shape index (κ3) is 6.47. The number of sulfone groups is 1. The first kappa shape index (κ1) is 22.7. The SMILES string of the molecule is CC(C)S(=O)(=O)CC1CCC(CCc2ccc(N3C[C@H](C)C[C@H](C)C3)cc2)CC1. The third-order valence-corrected chi connectivity index (χ3v) is 9.54. The van der Waals surface area contributed by atoms with E-state index in [0.717, 1.165) is 37.0 Å². The summed E-state index contributed by atoms with van der Waals surface area (Å²) in [5.74, 6) is 3.10. The maximum absolute atomic E-state index is 12.2. The Morgan fingerprint density at radius 2 is 1.48 bits per heavy atom. The van der Waals surface area contributed by atoms with Crippen molar-refractivity contribution in [1.82, 2.24) is 0 Å². The fraction of sp³-hybridized carbons (Fsp3) is 0.760. The Bertz CT molecular complexity index is 723. The number of rotatable bonds is 7. The van der Waals surface area contributed by atoms with Crippen LogP contribution in [0.1, 0.15) is 71.8 Å². The Hall–Kier alpha value is -1.03. The third-order valence-electron chi connectivity index (χ3n) is 7.16. The van der Waals surface area contributed by atoms with Crippen LogP contribution in [0.3, 0.4) is 0 Å². The van der Waals surface area contributed by atoms with Crippen molar-refractivity contribution in [2.75, 3.05) is 23.7 Å². The maximum atomic E-state index is 12.2. The molecule has 1 aliphatic heterocycles. The molecule has 29 heavy (non-hydrogen) atoms. The lowest BCUT2D eigenvalue weighted by atomic mass is 9.80. The molecular formula is C25H41NO2S. The van der Waals surface area contributed by atoms with Crippen LogP contribution in [0.15, 0.2) is 24.3 Å². The lowest BCUT2D eigenvalue weighted by molar-refractivity contribution is 0.278. The molecule has 1 saturated heterocycles. The summed E-state index contributed by atoms with van der Waals surface area (Å²) < 4.78 is 24.3. The van der Waals surface area contributed by atoms with Crippen molar-refractivity contribution in [3.63, 3.8) is 0 Å². The van der Waals surface area contributed by atoms with Crippen LogP contribution in [0, 0.1) is 23.7 Å². The maximum Gasteiger partial charge on any atom is 0.152 e. The van der Waals surface area contributed by atoms with Gasteiger partial charge >= 0.3 is 0 Å². The first-order valence-electron chi connectivity index (χ1n) is 11.8. The van der Waals surface area contributed by atoms with Gasteiger partial charge in [-0.05, 0) is 87.3 Å². The minimum absolute atomic E-state index is 0.237. The highest BCUT2D eigenvalue weighted by atomic mass is 32.2. The molecule has 1 aromatic rings. The van der Waals surface area contributed by atoms with E-state index in [-0.39, 0.29) is 5.25 Å². The largest absolute Gasteiger partial charge is 0.371 e. The van der Waals surface area contributed by atoms with Crippen molar-refractivity contribution in [2.45, 2.75) is 77.9 Å². The van der Waals surface area contributed by atoms with Gasteiger partial charge < -0.3 is 4.90 Å². The van der Waals surface area contributed by atoms with Gasteiger partial charge in [-0.1, -0.05) is 38.8 Å². The van der Waals surface area contributed by atoms with Crippen molar-refractivity contribution in [1.29, 1.82) is 0 Å². The summed E-state index contributed by atoms with van der Waals surface area (Å²) in [6, 6.07) is 9.27. The summed E-state index contributed by atoms with van der Waals surface area (Å²) in [6.07, 6.45) is 8.29. The second kappa shape index (κ2) is 9.85. The predicted molar refractivity (Wildman–Crippen MR) is 124 cm³/mol. The van der Waals surface area contributed by atoms with Crippen molar-refractivity contribution >= 4 is 15.5 Å². The average Bonchev–Trinajstić information content (AvgIpc) is 2.67. The quantitative estimate of drug-likeness (QED) is 0.566. The molecule has 1 heterocycles. The van der Waals surface area contributed by atoms with Crippen LogP contribution in [0.4, 0.5) is 5.69 Å². The van der Waals surface area contributed by atoms with Crippen LogP contribution >= 0.6 is 0 Å². The molecule has 3 rings (SSSR count). The summed E-state index contributed by atoms with van der Waals surface area (Å²) in [5, 5.41) is -0.237. The van der Waals surface area contributed by atoms with Gasteiger partial charge in [0.25, 0.3) is 0 Å². The minimum Gasteiger partial charge on any atom is -0.371 e. The number of benzene rings is 1. The molecule has 1 saturated carbocycles. The van der Waals surface area contributed by atoms with Crippen molar-refractivity contribution in [3.05, 3.63) is 29.8 Å². The van der Waals surface area contributed by atoms with Gasteiger partial charge in [-0.25, -0.2) is 8.42 Å². The van der Waals surface area contributed by atoms with E-state index in [4.69, 9.17) is 0 Å². The molecule has 164 valence electrons. The topological polar surface area (TPSA) is 37.4 Å². The van der Waals surface area contributed by atoms with Gasteiger partial charge in [0, 0.05) is 18.8 Å². The summed E-state index contributed by atoms with van der Waals surface area (Å²) in [5.41, 5.74) is 2.82. The molecule has 0 radical (unpaired) electrons. The van der Waals surface area contributed by atoms with Crippen molar-refractivity contribution in [2.24, 2.45) is 23.7 Å². The second-order valence-corrected chi connectivity index (χ2v) is 12.9. The highest BCUT2D eigenvalue weighted by Crippen LogP contribution is 2.33. The van der Waals surface area contributed by atoms with Crippen LogP contribution in [0.5, 0.6) is 0 Å². The highest BCUT2D eigenvalue weighted by Gasteiger charge is 2.27. The molecule has 0 bridgehead atoms. The van der Waals surface area contributed by atoms with E-state index in [0.29, 0.717) is 11.7 Å². The van der Waals surface area contributed by atoms with Gasteiger partial charge in [0.2, 0.25) is 0 Å². The normalized spacial score (nSPS) is 28.7. The van der Waals surface area contributed by atoms with Gasteiger partial charge in [-0.15, -0.1) is 0 Å². The Balaban J connectivity index is 1.43. The molecule has 1 aromatic carbocycles. The molecule has 2 aliphatic rings. The van der Waals surface area contributed by atoms with E-state index in [9.17, 15) is 8.42 Å². The number of hydrogen-bond donors (Lipinski definition) is 0. The standard InChI is InChI=1S/C25H41NO2S/c1-19(2)29(27,28)18-24-9-7-22(8-10-24)5-6-23-11-13-25(14-12-23)26-16-20(3)15-21(4)17-26/h11-14,19-22,24H,5-10,15-18H2,1-4H3/t20-,21+,22?,24?. The predicted octanol–water partition coefficient (Wildman–Crippen LogP) is 5.73. The second-order valence-electron chi connectivity index (χ2n) is 10.3. The molecule has 4 heteroatoms. The average molecular weight is 420 g/mol. The van der Waals surface area contributed by atoms with E-state index >= 15 is 0 Å². The minimum atomic E-state index is -2.90. The van der Waals surface area contributed by atoms with Crippen LogP contribution < -0.4 is 4.90 Å². The van der Waals surface area contributed by atoms with Gasteiger partial charge in [0.05, 0.1) is 11.0 Å². The molecule has 0 spiro atoms. The van der Waals surface area contributed by atoms with Crippen molar-refractivity contribution < 1.29 is 8.42 Å². The lowest BCUT2D eigenvalue weighted by Crippen LogP contribution is -2.38. The Kier molecular flexibility index (Phi) is 7.69. The van der Waals surface area contributed by atoms with E-state index in [1.807, 2.05) is 0 Å². The van der Waals surface area contributed by atoms with E-state index in [1.54, 1.807) is 13.8 Å². The highest BCUT2D eigenvalue weighted by molar-refractivity contribution is 7.91. The summed E-state index contributed by atoms with van der Waals surface area (Å²) in [4.78, 5) is 2.55. The zero-order chi connectivity index (χ0) is 21.0. The Morgan fingerprint density at radius 1 is 0.931 bits per heavy atom. The summed E-state index contributed by atoms with van der Waals surface area (Å²) in [6.45, 7) is 10.7. The van der Waals surface area contributed by atoms with Crippen LogP contribution in [0.2, 0.25) is 0 Å². The molecule has 0 unspecified atom stereocenters. The van der Waals surface area contributed by atoms with E-state index < -0.39 is 9.84 Å². The summed E-state index contributed by atoms with van der Waals surface area (Å²) in [7, 11) is -2.90. The van der Waals surface area contributed by atoms with Crippen molar-refractivity contribution in [3.8, 4) is 0 Å². The van der Waals surface area contributed by atoms with Crippen LogP contribution in [-0.2, 0) is 16.3 Å². The molecule has 0 aromatic heterocycles. The zero-order valence-electron chi connectivity index (χ0n) is 18.9. The monoisotopic (exact) mass is 419 g/mol. The Morgan fingerprint density at radius 3 is 2.03 bits per heavy atom. The van der Waals surface area contributed by atoms with Gasteiger partial charge in [-0.2, -0.15) is 0 Å². The molecular weight excluding hydrogens is 378 g/mol. The van der Waals surface area contributed by atoms with Crippen LogP contribution in [-0.4, -0.2) is 32.5 Å². The molecule has 0 N–H and O–H groups in total. The molecule has 3 nitrogen and oxygen atoms in total. The molecule has 0 amide bonds. The van der Waals surface area contributed by atoms with Gasteiger partial charge in [0.15, 0.2) is 9.84 Å². The number of anilines is 1. The number of piperidine rings is 1. The summed E-state index contributed by atoms with van der Waals surface area (Å²) >= 11 is 0. The van der Waals surface area contributed by atoms with E-state index in [1.165, 1.54) is 50.0 Å². The molecule has 2 fully saturated rings. The van der Waals surface area contributed by atoms with Gasteiger partial charge in [0.1, 0.15) is 0 Å². The van der Waals surface area contributed by atoms with E-state index in [2.05, 4.69) is 43.0 Å². The molecule has 2 atom stereocenters. The lowest BCUT2D eigenvalue weighted by Gasteiger charge is -2.36. The fourth-order valence-electron chi connectivity index (χ4n) is 5.33. The van der Waals surface area contributed by atoms with Gasteiger partial charge in [-0.3, -0.25) is 0 Å². The number of aryl methyl sites for hydroxylation is 1. The smallest absolute Gasteiger partial charge is 0.152 e. The number of hydrogen-bond acceptors (Lipinski definition) is 3. The Labute approximate surface area is 179 Å². The fourth-order valence-corrected chi connectivity index (χ4v) is 6.70. The zero-order valence-corrected chi connectivity index (χ0v) is 19.8.